The number of carbonyl (C=O) groups excluding carboxylic acids is 1. The van der Waals surface area contributed by atoms with Crippen molar-refractivity contribution in [3.8, 4) is 5.75 Å². The van der Waals surface area contributed by atoms with E-state index in [-0.39, 0.29) is 34.1 Å². The number of aromatic hydroxyl groups is 1. The summed E-state index contributed by atoms with van der Waals surface area (Å²) in [6, 6.07) is 1.38. The smallest absolute Gasteiger partial charge is 0.311 e. The maximum absolute atomic E-state index is 11.6. The SMILES string of the molecule is Cc1cc(O)c2c(c1Cl)C(C(=O)O)CC2=O. The van der Waals surface area contributed by atoms with Crippen molar-refractivity contribution < 1.29 is 19.8 Å². The van der Waals surface area contributed by atoms with Crippen molar-refractivity contribution in [3.05, 3.63) is 27.8 Å². The molecule has 0 fully saturated rings. The molecule has 0 radical (unpaired) electrons. The molecule has 0 bridgehead atoms. The molecule has 4 nitrogen and oxygen atoms in total. The maximum Gasteiger partial charge on any atom is 0.311 e. The molecule has 1 aliphatic carbocycles. The first-order chi connectivity index (χ1) is 7.43. The largest absolute Gasteiger partial charge is 0.507 e. The Bertz CT molecular complexity index is 507. The summed E-state index contributed by atoms with van der Waals surface area (Å²) in [5.41, 5.74) is 0.874. The minimum Gasteiger partial charge on any atom is -0.507 e. The molecule has 2 rings (SSSR count). The second kappa shape index (κ2) is 3.49. The zero-order valence-electron chi connectivity index (χ0n) is 8.45. The molecule has 1 aromatic rings. The molecule has 0 saturated heterocycles. The predicted molar refractivity (Wildman–Crippen MR) is 57.2 cm³/mol. The van der Waals surface area contributed by atoms with E-state index >= 15 is 0 Å². The molecule has 16 heavy (non-hydrogen) atoms. The van der Waals surface area contributed by atoms with Crippen LogP contribution < -0.4 is 0 Å². The Hall–Kier alpha value is -1.55. The maximum atomic E-state index is 11.6. The van der Waals surface area contributed by atoms with Crippen LogP contribution in [0.4, 0.5) is 0 Å². The number of fused-ring (bicyclic) bond motifs is 1. The lowest BCUT2D eigenvalue weighted by molar-refractivity contribution is -0.138. The molecule has 1 atom stereocenters. The fourth-order valence-electron chi connectivity index (χ4n) is 2.02. The number of aliphatic carboxylic acids is 1. The van der Waals surface area contributed by atoms with Gasteiger partial charge < -0.3 is 10.2 Å². The Labute approximate surface area is 96.5 Å². The van der Waals surface area contributed by atoms with Crippen molar-refractivity contribution in [2.75, 3.05) is 0 Å². The quantitative estimate of drug-likeness (QED) is 0.788. The summed E-state index contributed by atoms with van der Waals surface area (Å²) in [6.07, 6.45) is -0.138. The third-order valence-electron chi connectivity index (χ3n) is 2.78. The van der Waals surface area contributed by atoms with Gasteiger partial charge in [0.25, 0.3) is 0 Å². The molecule has 0 heterocycles. The van der Waals surface area contributed by atoms with Gasteiger partial charge in [0.15, 0.2) is 5.78 Å². The first-order valence-electron chi connectivity index (χ1n) is 4.71. The highest BCUT2D eigenvalue weighted by Crippen LogP contribution is 2.43. The summed E-state index contributed by atoms with van der Waals surface area (Å²) in [7, 11) is 0. The van der Waals surface area contributed by atoms with E-state index in [1.165, 1.54) is 6.07 Å². The van der Waals surface area contributed by atoms with Crippen molar-refractivity contribution in [2.24, 2.45) is 0 Å². The molecule has 5 heteroatoms. The molecule has 1 aliphatic rings. The van der Waals surface area contributed by atoms with Gasteiger partial charge in [-0.3, -0.25) is 9.59 Å². The molecule has 0 aromatic heterocycles. The summed E-state index contributed by atoms with van der Waals surface area (Å²) in [6.45, 7) is 1.66. The van der Waals surface area contributed by atoms with Crippen LogP contribution in [0.5, 0.6) is 5.75 Å². The van der Waals surface area contributed by atoms with Crippen molar-refractivity contribution in [2.45, 2.75) is 19.3 Å². The fourth-order valence-corrected chi connectivity index (χ4v) is 2.30. The van der Waals surface area contributed by atoms with Crippen LogP contribution in [0.3, 0.4) is 0 Å². The molecule has 84 valence electrons. The lowest BCUT2D eigenvalue weighted by Crippen LogP contribution is -2.09. The van der Waals surface area contributed by atoms with Crippen LogP contribution in [0.15, 0.2) is 6.07 Å². The van der Waals surface area contributed by atoms with E-state index in [9.17, 15) is 14.7 Å². The molecule has 1 aromatic carbocycles. The van der Waals surface area contributed by atoms with Gasteiger partial charge in [0.1, 0.15) is 5.75 Å². The van der Waals surface area contributed by atoms with Crippen LogP contribution in [-0.2, 0) is 4.79 Å². The number of aryl methyl sites for hydroxylation is 1. The van der Waals surface area contributed by atoms with E-state index in [4.69, 9.17) is 16.7 Å². The van der Waals surface area contributed by atoms with Crippen LogP contribution in [0.1, 0.15) is 33.8 Å². The molecule has 0 aliphatic heterocycles. The number of phenols is 1. The first kappa shape index (κ1) is 11.0. The molecule has 0 saturated carbocycles. The van der Waals surface area contributed by atoms with E-state index in [1.54, 1.807) is 6.92 Å². The number of phenolic OH excluding ortho intramolecular Hbond substituents is 1. The highest BCUT2D eigenvalue weighted by molar-refractivity contribution is 6.33. The van der Waals surface area contributed by atoms with Crippen LogP contribution in [-0.4, -0.2) is 22.0 Å². The zero-order valence-corrected chi connectivity index (χ0v) is 9.21. The summed E-state index contributed by atoms with van der Waals surface area (Å²) in [5, 5.41) is 18.9. The van der Waals surface area contributed by atoms with Crippen molar-refractivity contribution in [3.63, 3.8) is 0 Å². The number of carboxylic acid groups (broad SMARTS) is 1. The van der Waals surface area contributed by atoms with Crippen LogP contribution >= 0.6 is 11.6 Å². The summed E-state index contributed by atoms with van der Waals surface area (Å²) < 4.78 is 0. The van der Waals surface area contributed by atoms with E-state index in [0.717, 1.165) is 0 Å². The molecule has 0 spiro atoms. The number of hydrogen-bond acceptors (Lipinski definition) is 3. The topological polar surface area (TPSA) is 74.6 Å². The average Bonchev–Trinajstić information content (AvgIpc) is 2.53. The molecular formula is C11H9ClO4. The van der Waals surface area contributed by atoms with Gasteiger partial charge in [-0.1, -0.05) is 11.6 Å². The fraction of sp³-hybridized carbons (Fsp3) is 0.273. The zero-order chi connectivity index (χ0) is 12.0. The van der Waals surface area contributed by atoms with E-state index < -0.39 is 11.9 Å². The average molecular weight is 241 g/mol. The highest BCUT2D eigenvalue weighted by atomic mass is 35.5. The number of benzene rings is 1. The van der Waals surface area contributed by atoms with Gasteiger partial charge in [0.05, 0.1) is 11.5 Å². The number of halogens is 1. The van der Waals surface area contributed by atoms with Crippen molar-refractivity contribution in [1.29, 1.82) is 0 Å². The van der Waals surface area contributed by atoms with E-state index in [1.807, 2.05) is 0 Å². The summed E-state index contributed by atoms with van der Waals surface area (Å²) >= 11 is 5.99. The van der Waals surface area contributed by atoms with Gasteiger partial charge in [0.2, 0.25) is 0 Å². The second-order valence-electron chi connectivity index (χ2n) is 3.83. The van der Waals surface area contributed by atoms with Gasteiger partial charge in [-0.15, -0.1) is 0 Å². The minimum absolute atomic E-state index is 0.0583. The lowest BCUT2D eigenvalue weighted by Gasteiger charge is -2.10. The van der Waals surface area contributed by atoms with Crippen LogP contribution in [0.2, 0.25) is 5.02 Å². The summed E-state index contributed by atoms with van der Waals surface area (Å²) in [5.74, 6) is -2.60. The summed E-state index contributed by atoms with van der Waals surface area (Å²) in [4.78, 5) is 22.6. The van der Waals surface area contributed by atoms with Gasteiger partial charge in [-0.25, -0.2) is 0 Å². The van der Waals surface area contributed by atoms with Crippen LogP contribution in [0.25, 0.3) is 0 Å². The van der Waals surface area contributed by atoms with Gasteiger partial charge in [-0.05, 0) is 18.6 Å². The second-order valence-corrected chi connectivity index (χ2v) is 4.21. The molecule has 0 amide bonds. The van der Waals surface area contributed by atoms with Gasteiger partial charge in [-0.2, -0.15) is 0 Å². The first-order valence-corrected chi connectivity index (χ1v) is 5.09. The molecular weight excluding hydrogens is 232 g/mol. The highest BCUT2D eigenvalue weighted by Gasteiger charge is 2.38. The normalized spacial score (nSPS) is 18.6. The van der Waals surface area contributed by atoms with Crippen LogP contribution in [0, 0.1) is 6.92 Å². The van der Waals surface area contributed by atoms with Crippen molar-refractivity contribution >= 4 is 23.4 Å². The van der Waals surface area contributed by atoms with E-state index in [2.05, 4.69) is 0 Å². The van der Waals surface area contributed by atoms with Gasteiger partial charge in [0, 0.05) is 17.0 Å². The lowest BCUT2D eigenvalue weighted by atomic mass is 9.99. The van der Waals surface area contributed by atoms with Crippen molar-refractivity contribution in [1.82, 2.24) is 0 Å². The Morgan fingerprint density at radius 1 is 1.56 bits per heavy atom. The molecule has 2 N–H and O–H groups in total. The third-order valence-corrected chi connectivity index (χ3v) is 3.28. The number of ketones is 1. The monoisotopic (exact) mass is 240 g/mol. The number of carboxylic acids is 1. The van der Waals surface area contributed by atoms with E-state index in [0.29, 0.717) is 5.56 Å². The Kier molecular flexibility index (Phi) is 2.39. The standard InChI is InChI=1S/C11H9ClO4/c1-4-2-6(13)9-7(14)3-5(11(15)16)8(9)10(4)12/h2,5,13H,3H2,1H3,(H,15,16). The number of carbonyl (C=O) groups is 2. The Balaban J connectivity index is 2.75. The minimum atomic E-state index is -1.10. The Morgan fingerprint density at radius 3 is 2.75 bits per heavy atom. The number of rotatable bonds is 1. The predicted octanol–water partition coefficient (Wildman–Crippen LogP) is 2.11. The third kappa shape index (κ3) is 1.38. The van der Waals surface area contributed by atoms with Gasteiger partial charge >= 0.3 is 5.97 Å². The Morgan fingerprint density at radius 2 is 2.19 bits per heavy atom. The number of hydrogen-bond donors (Lipinski definition) is 2. The molecule has 1 unspecified atom stereocenters. The number of Topliss-reactive ketones (excluding diaryl/α,β-unsaturated/α-hetero) is 1.